The molecule has 2 heterocycles. The summed E-state index contributed by atoms with van der Waals surface area (Å²) in [6.07, 6.45) is 3.00. The third kappa shape index (κ3) is 1.86. The van der Waals surface area contributed by atoms with Crippen molar-refractivity contribution in [1.82, 2.24) is 9.97 Å². The van der Waals surface area contributed by atoms with E-state index in [4.69, 9.17) is 0 Å². The Balaban J connectivity index is 2.05. The highest BCUT2D eigenvalue weighted by molar-refractivity contribution is 9.10. The summed E-state index contributed by atoms with van der Waals surface area (Å²) in [4.78, 5) is 18.5. The Labute approximate surface area is 107 Å². The van der Waals surface area contributed by atoms with Crippen molar-refractivity contribution in [3.05, 3.63) is 34.7 Å². The van der Waals surface area contributed by atoms with E-state index in [0.717, 1.165) is 33.5 Å². The van der Waals surface area contributed by atoms with Crippen molar-refractivity contribution in [2.24, 2.45) is 0 Å². The van der Waals surface area contributed by atoms with Gasteiger partial charge >= 0.3 is 0 Å². The quantitative estimate of drug-likeness (QED) is 0.849. The minimum absolute atomic E-state index is 0.0891. The summed E-state index contributed by atoms with van der Waals surface area (Å²) in [6.45, 7) is 0. The fourth-order valence-electron chi connectivity index (χ4n) is 2.01. The highest BCUT2D eigenvalue weighted by Gasteiger charge is 2.16. The van der Waals surface area contributed by atoms with Crippen molar-refractivity contribution in [1.29, 1.82) is 0 Å². The van der Waals surface area contributed by atoms with Crippen LogP contribution in [0.5, 0.6) is 0 Å². The molecule has 2 N–H and O–H groups in total. The van der Waals surface area contributed by atoms with Gasteiger partial charge in [0.15, 0.2) is 0 Å². The molecule has 86 valence electrons. The fraction of sp³-hybridized carbons (Fsp3) is 0.167. The summed E-state index contributed by atoms with van der Waals surface area (Å²) >= 11 is 3.42. The lowest BCUT2D eigenvalue weighted by atomic mass is 9.99. The first-order valence-electron chi connectivity index (χ1n) is 5.36. The lowest BCUT2D eigenvalue weighted by Crippen LogP contribution is -2.18. The van der Waals surface area contributed by atoms with E-state index in [-0.39, 0.29) is 5.91 Å². The molecule has 0 fully saturated rings. The van der Waals surface area contributed by atoms with Gasteiger partial charge in [-0.15, -0.1) is 0 Å². The molecule has 1 aromatic carbocycles. The van der Waals surface area contributed by atoms with Gasteiger partial charge < -0.3 is 10.3 Å². The Morgan fingerprint density at radius 2 is 2.18 bits per heavy atom. The zero-order valence-electron chi connectivity index (χ0n) is 8.96. The predicted octanol–water partition coefficient (Wildman–Crippen LogP) is 2.72. The number of aromatic amines is 1. The summed E-state index contributed by atoms with van der Waals surface area (Å²) in [5, 5.41) is 2.87. The SMILES string of the molecule is O=C1CCc2cc(-c3nc[nH]c3Br)ccc2N1. The number of nitrogens with one attached hydrogen (secondary N) is 2. The maximum Gasteiger partial charge on any atom is 0.224 e. The number of anilines is 1. The highest BCUT2D eigenvalue weighted by atomic mass is 79.9. The van der Waals surface area contributed by atoms with Crippen molar-refractivity contribution >= 4 is 27.5 Å². The average molecular weight is 292 g/mol. The van der Waals surface area contributed by atoms with Crippen LogP contribution in [0.15, 0.2) is 29.1 Å². The molecule has 1 aliphatic heterocycles. The summed E-state index contributed by atoms with van der Waals surface area (Å²) in [7, 11) is 0. The number of H-pyrrole nitrogens is 1. The molecule has 4 nitrogen and oxygen atoms in total. The lowest BCUT2D eigenvalue weighted by Gasteiger charge is -2.17. The Morgan fingerprint density at radius 3 is 2.94 bits per heavy atom. The standard InChI is InChI=1S/C12H10BrN3O/c13-12-11(14-6-15-12)8-1-3-9-7(5-8)2-4-10(17)16-9/h1,3,5-6H,2,4H2,(H,14,15)(H,16,17). The van der Waals surface area contributed by atoms with E-state index in [1.165, 1.54) is 0 Å². The second-order valence-electron chi connectivity index (χ2n) is 3.99. The van der Waals surface area contributed by atoms with Crippen molar-refractivity contribution in [3.63, 3.8) is 0 Å². The molecule has 17 heavy (non-hydrogen) atoms. The number of aryl methyl sites for hydroxylation is 1. The summed E-state index contributed by atoms with van der Waals surface area (Å²) in [6, 6.07) is 5.98. The van der Waals surface area contributed by atoms with Gasteiger partial charge in [0.25, 0.3) is 0 Å². The number of carbonyl (C=O) groups excluding carboxylic acids is 1. The van der Waals surface area contributed by atoms with Crippen LogP contribution in [0.2, 0.25) is 0 Å². The Morgan fingerprint density at radius 1 is 1.29 bits per heavy atom. The van der Waals surface area contributed by atoms with Crippen LogP contribution >= 0.6 is 15.9 Å². The Kier molecular flexibility index (Phi) is 2.48. The van der Waals surface area contributed by atoms with E-state index < -0.39 is 0 Å². The summed E-state index contributed by atoms with van der Waals surface area (Å²) in [5.41, 5.74) is 4.02. The molecule has 0 atom stereocenters. The number of carbonyl (C=O) groups is 1. The average Bonchev–Trinajstić information content (AvgIpc) is 2.75. The van der Waals surface area contributed by atoms with Crippen molar-refractivity contribution in [2.45, 2.75) is 12.8 Å². The van der Waals surface area contributed by atoms with Crippen molar-refractivity contribution < 1.29 is 4.79 Å². The van der Waals surface area contributed by atoms with Crippen LogP contribution in [0.4, 0.5) is 5.69 Å². The molecule has 0 radical (unpaired) electrons. The van der Waals surface area contributed by atoms with Crippen LogP contribution in [0.1, 0.15) is 12.0 Å². The first kappa shape index (κ1) is 10.5. The van der Waals surface area contributed by atoms with Crippen LogP contribution in [0.3, 0.4) is 0 Å². The number of aromatic nitrogens is 2. The Hall–Kier alpha value is -1.62. The molecule has 1 amide bonds. The summed E-state index contributed by atoms with van der Waals surface area (Å²) in [5.74, 6) is 0.0891. The predicted molar refractivity (Wildman–Crippen MR) is 68.7 cm³/mol. The smallest absolute Gasteiger partial charge is 0.224 e. The van der Waals surface area contributed by atoms with Crippen molar-refractivity contribution in [2.75, 3.05) is 5.32 Å². The maximum atomic E-state index is 11.3. The van der Waals surface area contributed by atoms with Crippen molar-refractivity contribution in [3.8, 4) is 11.3 Å². The number of nitrogens with zero attached hydrogens (tertiary/aromatic N) is 1. The van der Waals surface area contributed by atoms with Crippen LogP contribution in [0, 0.1) is 0 Å². The van der Waals surface area contributed by atoms with E-state index in [0.29, 0.717) is 6.42 Å². The van der Waals surface area contributed by atoms with Crippen LogP contribution in [-0.2, 0) is 11.2 Å². The first-order chi connectivity index (χ1) is 8.24. The number of rotatable bonds is 1. The molecule has 0 bridgehead atoms. The van der Waals surface area contributed by atoms with Gasteiger partial charge in [0, 0.05) is 17.7 Å². The van der Waals surface area contributed by atoms with E-state index in [9.17, 15) is 4.79 Å². The molecule has 0 aliphatic carbocycles. The normalized spacial score (nSPS) is 14.3. The fourth-order valence-corrected chi connectivity index (χ4v) is 2.44. The van der Waals surface area contributed by atoms with Gasteiger partial charge in [0.2, 0.25) is 5.91 Å². The van der Waals surface area contributed by atoms with E-state index in [2.05, 4.69) is 37.3 Å². The number of amides is 1. The van der Waals surface area contributed by atoms with Crippen LogP contribution in [-0.4, -0.2) is 15.9 Å². The number of halogens is 1. The third-order valence-corrected chi connectivity index (χ3v) is 3.47. The number of hydrogen-bond acceptors (Lipinski definition) is 2. The van der Waals surface area contributed by atoms with Crippen LogP contribution < -0.4 is 5.32 Å². The van der Waals surface area contributed by atoms with E-state index in [1.54, 1.807) is 6.33 Å². The second kappa shape index (κ2) is 4.00. The molecule has 0 spiro atoms. The van der Waals surface area contributed by atoms with Gasteiger partial charge in [-0.1, -0.05) is 6.07 Å². The molecule has 0 unspecified atom stereocenters. The summed E-state index contributed by atoms with van der Waals surface area (Å²) < 4.78 is 0.872. The Bertz CT molecular complexity index is 591. The molecule has 1 aliphatic rings. The monoisotopic (exact) mass is 291 g/mol. The molecule has 0 saturated carbocycles. The van der Waals surface area contributed by atoms with Crippen LogP contribution in [0.25, 0.3) is 11.3 Å². The number of hydrogen-bond donors (Lipinski definition) is 2. The minimum atomic E-state index is 0.0891. The molecule has 1 aromatic heterocycles. The zero-order chi connectivity index (χ0) is 11.8. The molecule has 3 rings (SSSR count). The van der Waals surface area contributed by atoms with Gasteiger partial charge in [-0.3, -0.25) is 4.79 Å². The maximum absolute atomic E-state index is 11.3. The first-order valence-corrected chi connectivity index (χ1v) is 6.15. The second-order valence-corrected chi connectivity index (χ2v) is 4.78. The molecular formula is C12H10BrN3O. The zero-order valence-corrected chi connectivity index (χ0v) is 10.5. The topological polar surface area (TPSA) is 57.8 Å². The van der Waals surface area contributed by atoms with Gasteiger partial charge in [-0.05, 0) is 40.0 Å². The van der Waals surface area contributed by atoms with Gasteiger partial charge in [-0.25, -0.2) is 4.98 Å². The number of fused-ring (bicyclic) bond motifs is 1. The molecule has 2 aromatic rings. The number of imidazole rings is 1. The molecular weight excluding hydrogens is 282 g/mol. The van der Waals surface area contributed by atoms with Gasteiger partial charge in [0.05, 0.1) is 6.33 Å². The molecule has 0 saturated heterocycles. The van der Waals surface area contributed by atoms with E-state index in [1.807, 2.05) is 12.1 Å². The molecule has 5 heteroatoms. The van der Waals surface area contributed by atoms with Gasteiger partial charge in [0.1, 0.15) is 10.3 Å². The van der Waals surface area contributed by atoms with E-state index >= 15 is 0 Å². The highest BCUT2D eigenvalue weighted by Crippen LogP contribution is 2.30. The third-order valence-electron chi connectivity index (χ3n) is 2.87. The number of benzene rings is 1. The van der Waals surface area contributed by atoms with Gasteiger partial charge in [-0.2, -0.15) is 0 Å². The lowest BCUT2D eigenvalue weighted by molar-refractivity contribution is -0.116. The minimum Gasteiger partial charge on any atom is -0.339 e. The largest absolute Gasteiger partial charge is 0.339 e.